The summed E-state index contributed by atoms with van der Waals surface area (Å²) in [5, 5.41) is 0. The third kappa shape index (κ3) is 3.60. The van der Waals surface area contributed by atoms with Gasteiger partial charge in [-0.25, -0.2) is 8.42 Å². The van der Waals surface area contributed by atoms with E-state index in [0.29, 0.717) is 18.9 Å². The van der Waals surface area contributed by atoms with Gasteiger partial charge in [-0.3, -0.25) is 9.59 Å². The zero-order valence-electron chi connectivity index (χ0n) is 16.3. The quantitative estimate of drug-likeness (QED) is 0.771. The van der Waals surface area contributed by atoms with Crippen molar-refractivity contribution in [1.82, 2.24) is 14.1 Å². The molecule has 2 aliphatic heterocycles. The Morgan fingerprint density at radius 3 is 2.30 bits per heavy atom. The molecule has 2 fully saturated rings. The first-order chi connectivity index (χ1) is 12.6. The molecule has 2 atom stereocenters. The molecule has 1 aromatic rings. The predicted molar refractivity (Wildman–Crippen MR) is 102 cm³/mol. The van der Waals surface area contributed by atoms with Crippen molar-refractivity contribution in [3.05, 3.63) is 29.8 Å². The van der Waals surface area contributed by atoms with Crippen LogP contribution in [0.25, 0.3) is 0 Å². The number of sulfonamides is 1. The van der Waals surface area contributed by atoms with Gasteiger partial charge < -0.3 is 9.80 Å². The Hall–Kier alpha value is -1.93. The van der Waals surface area contributed by atoms with Gasteiger partial charge in [-0.1, -0.05) is 26.0 Å². The number of nitrogens with zero attached hydrogens (tertiary/aromatic N) is 3. The molecule has 0 saturated carbocycles. The standard InChI is InChI=1S/C19H27N3O4S/c1-13(2)14-5-7-15(8-6-14)27(25,26)22-10-9-17-16(11-22)19(24)20(3)12-18(23)21(17)4/h5-8,13,16-17H,9-12H2,1-4H3/t16-,17+/m0/s1. The highest BCUT2D eigenvalue weighted by molar-refractivity contribution is 7.89. The largest absolute Gasteiger partial charge is 0.340 e. The van der Waals surface area contributed by atoms with Gasteiger partial charge in [0.25, 0.3) is 0 Å². The Morgan fingerprint density at radius 2 is 1.70 bits per heavy atom. The lowest BCUT2D eigenvalue weighted by Gasteiger charge is -2.39. The van der Waals surface area contributed by atoms with E-state index in [-0.39, 0.29) is 35.8 Å². The van der Waals surface area contributed by atoms with Gasteiger partial charge in [0.1, 0.15) is 0 Å². The van der Waals surface area contributed by atoms with E-state index in [1.807, 2.05) is 12.1 Å². The molecule has 2 heterocycles. The summed E-state index contributed by atoms with van der Waals surface area (Å²) in [5.74, 6) is -0.499. The topological polar surface area (TPSA) is 78.0 Å². The molecule has 0 spiro atoms. The summed E-state index contributed by atoms with van der Waals surface area (Å²) in [6.07, 6.45) is 0.454. The smallest absolute Gasteiger partial charge is 0.243 e. The summed E-state index contributed by atoms with van der Waals surface area (Å²) in [6, 6.07) is 6.67. The van der Waals surface area contributed by atoms with Gasteiger partial charge in [0.15, 0.2) is 0 Å². The predicted octanol–water partition coefficient (Wildman–Crippen LogP) is 1.12. The van der Waals surface area contributed by atoms with E-state index in [0.717, 1.165) is 5.56 Å². The fraction of sp³-hybridized carbons (Fsp3) is 0.579. The molecule has 2 aliphatic rings. The second-order valence-electron chi connectivity index (χ2n) is 7.75. The van der Waals surface area contributed by atoms with Crippen LogP contribution in [0.5, 0.6) is 0 Å². The van der Waals surface area contributed by atoms with Crippen molar-refractivity contribution in [2.45, 2.75) is 37.1 Å². The van der Waals surface area contributed by atoms with Crippen molar-refractivity contribution >= 4 is 21.8 Å². The molecule has 7 nitrogen and oxygen atoms in total. The maximum Gasteiger partial charge on any atom is 0.243 e. The van der Waals surface area contributed by atoms with E-state index in [1.165, 1.54) is 9.21 Å². The van der Waals surface area contributed by atoms with Gasteiger partial charge in [-0.05, 0) is 30.0 Å². The first-order valence-electron chi connectivity index (χ1n) is 9.23. The number of benzene rings is 1. The molecule has 0 N–H and O–H groups in total. The van der Waals surface area contributed by atoms with Gasteiger partial charge in [0.2, 0.25) is 21.8 Å². The van der Waals surface area contributed by atoms with Crippen LogP contribution >= 0.6 is 0 Å². The third-order valence-corrected chi connectivity index (χ3v) is 7.56. The van der Waals surface area contributed by atoms with Crippen molar-refractivity contribution in [3.63, 3.8) is 0 Å². The second-order valence-corrected chi connectivity index (χ2v) is 9.69. The van der Waals surface area contributed by atoms with Crippen molar-refractivity contribution in [2.75, 3.05) is 33.7 Å². The highest BCUT2D eigenvalue weighted by Gasteiger charge is 2.45. The molecule has 0 unspecified atom stereocenters. The Bertz CT molecular complexity index is 835. The minimum Gasteiger partial charge on any atom is -0.340 e. The van der Waals surface area contributed by atoms with Crippen molar-refractivity contribution < 1.29 is 18.0 Å². The SMILES string of the molecule is CC(C)c1ccc(S(=O)(=O)N2CC[C@@H]3[C@H](C2)C(=O)N(C)CC(=O)N3C)cc1. The molecule has 2 saturated heterocycles. The van der Waals surface area contributed by atoms with Gasteiger partial charge in [0, 0.05) is 33.2 Å². The van der Waals surface area contributed by atoms with Crippen LogP contribution in [0.1, 0.15) is 31.7 Å². The summed E-state index contributed by atoms with van der Waals surface area (Å²) in [6.45, 7) is 4.54. The van der Waals surface area contributed by atoms with Gasteiger partial charge in [-0.15, -0.1) is 0 Å². The summed E-state index contributed by atoms with van der Waals surface area (Å²) >= 11 is 0. The number of fused-ring (bicyclic) bond motifs is 1. The zero-order chi connectivity index (χ0) is 19.9. The highest BCUT2D eigenvalue weighted by atomic mass is 32.2. The number of carbonyl (C=O) groups excluding carboxylic acids is 2. The monoisotopic (exact) mass is 393 g/mol. The molecule has 148 valence electrons. The number of hydrogen-bond acceptors (Lipinski definition) is 4. The molecule has 3 rings (SSSR count). The maximum atomic E-state index is 13.1. The first kappa shape index (κ1) is 19.8. The van der Waals surface area contributed by atoms with E-state index in [4.69, 9.17) is 0 Å². The molecule has 8 heteroatoms. The van der Waals surface area contributed by atoms with Gasteiger partial charge >= 0.3 is 0 Å². The van der Waals surface area contributed by atoms with Crippen LogP contribution in [0.3, 0.4) is 0 Å². The van der Waals surface area contributed by atoms with E-state index in [2.05, 4.69) is 13.8 Å². The number of carbonyl (C=O) groups is 2. The fourth-order valence-corrected chi connectivity index (χ4v) is 5.35. The van der Waals surface area contributed by atoms with E-state index >= 15 is 0 Å². The van der Waals surface area contributed by atoms with Crippen LogP contribution < -0.4 is 0 Å². The molecule has 0 aromatic heterocycles. The molecule has 0 radical (unpaired) electrons. The molecular formula is C19H27N3O4S. The maximum absolute atomic E-state index is 13.1. The molecule has 0 bridgehead atoms. The average Bonchev–Trinajstić information content (AvgIpc) is 2.72. The molecule has 0 aliphatic carbocycles. The number of hydrogen-bond donors (Lipinski definition) is 0. The summed E-state index contributed by atoms with van der Waals surface area (Å²) in [4.78, 5) is 28.2. The Morgan fingerprint density at radius 1 is 1.07 bits per heavy atom. The summed E-state index contributed by atoms with van der Waals surface area (Å²) in [7, 11) is -0.392. The third-order valence-electron chi connectivity index (χ3n) is 5.68. The van der Waals surface area contributed by atoms with Crippen LogP contribution in [0, 0.1) is 5.92 Å². The van der Waals surface area contributed by atoms with Gasteiger partial charge in [0.05, 0.1) is 17.4 Å². The Labute approximate surface area is 161 Å². The lowest BCUT2D eigenvalue weighted by molar-refractivity contribution is -0.136. The van der Waals surface area contributed by atoms with E-state index in [1.54, 1.807) is 31.1 Å². The minimum atomic E-state index is -3.68. The highest BCUT2D eigenvalue weighted by Crippen LogP contribution is 2.30. The molecule has 27 heavy (non-hydrogen) atoms. The first-order valence-corrected chi connectivity index (χ1v) is 10.7. The Kier molecular flexibility index (Phi) is 5.31. The zero-order valence-corrected chi connectivity index (χ0v) is 17.1. The number of piperidine rings is 1. The fourth-order valence-electron chi connectivity index (χ4n) is 3.87. The summed E-state index contributed by atoms with van der Waals surface area (Å²) < 4.78 is 27.5. The van der Waals surface area contributed by atoms with Crippen LogP contribution in [0.4, 0.5) is 0 Å². The van der Waals surface area contributed by atoms with E-state index < -0.39 is 15.9 Å². The average molecular weight is 394 g/mol. The number of amides is 2. The van der Waals surface area contributed by atoms with Crippen molar-refractivity contribution in [2.24, 2.45) is 5.92 Å². The van der Waals surface area contributed by atoms with E-state index in [9.17, 15) is 18.0 Å². The number of likely N-dealkylation sites (N-methyl/N-ethyl adjacent to an activating group) is 2. The molecular weight excluding hydrogens is 366 g/mol. The second kappa shape index (κ2) is 7.24. The lowest BCUT2D eigenvalue weighted by Crippen LogP contribution is -2.54. The van der Waals surface area contributed by atoms with Crippen LogP contribution in [0.15, 0.2) is 29.2 Å². The normalized spacial score (nSPS) is 24.9. The van der Waals surface area contributed by atoms with Crippen LogP contribution in [-0.4, -0.2) is 74.1 Å². The van der Waals surface area contributed by atoms with Crippen molar-refractivity contribution in [1.29, 1.82) is 0 Å². The van der Waals surface area contributed by atoms with Crippen LogP contribution in [-0.2, 0) is 19.6 Å². The number of rotatable bonds is 3. The van der Waals surface area contributed by atoms with Crippen LogP contribution in [0.2, 0.25) is 0 Å². The molecule has 2 amide bonds. The molecule has 1 aromatic carbocycles. The minimum absolute atomic E-state index is 0.0335. The van der Waals surface area contributed by atoms with Crippen molar-refractivity contribution in [3.8, 4) is 0 Å². The Balaban J connectivity index is 1.86. The van der Waals surface area contributed by atoms with Gasteiger partial charge in [-0.2, -0.15) is 4.31 Å². The summed E-state index contributed by atoms with van der Waals surface area (Å²) in [5.41, 5.74) is 1.08. The lowest BCUT2D eigenvalue weighted by atomic mass is 9.91.